The summed E-state index contributed by atoms with van der Waals surface area (Å²) in [6.45, 7) is 2.30. The minimum absolute atomic E-state index is 0.0770. The molecular weight excluding hydrogens is 420 g/mol. The summed E-state index contributed by atoms with van der Waals surface area (Å²) in [4.78, 5) is 29.8. The minimum Gasteiger partial charge on any atom is -0.346 e. The molecule has 9 heteroatoms. The molecule has 0 fully saturated rings. The molecule has 2 aromatic carbocycles. The van der Waals surface area contributed by atoms with Gasteiger partial charge in [-0.2, -0.15) is 0 Å². The molecule has 0 aliphatic carbocycles. The number of hydrogen-bond acceptors (Lipinski definition) is 6. The molecule has 0 spiro atoms. The zero-order valence-electron chi connectivity index (χ0n) is 16.9. The monoisotopic (exact) mass is 443 g/mol. The van der Waals surface area contributed by atoms with Gasteiger partial charge >= 0.3 is 0 Å². The van der Waals surface area contributed by atoms with Crippen LogP contribution in [0.2, 0.25) is 0 Å². The lowest BCUT2D eigenvalue weighted by Gasteiger charge is -2.22. The molecule has 1 aromatic heterocycles. The number of aryl methyl sites for hydroxylation is 1. The van der Waals surface area contributed by atoms with E-state index in [9.17, 15) is 14.9 Å². The van der Waals surface area contributed by atoms with Crippen LogP contribution in [0, 0.1) is 17.0 Å². The number of nitro groups is 1. The fourth-order valence-electron chi connectivity index (χ4n) is 3.00. The van der Waals surface area contributed by atoms with Gasteiger partial charge < -0.3 is 10.2 Å². The largest absolute Gasteiger partial charge is 0.346 e. The van der Waals surface area contributed by atoms with E-state index in [2.05, 4.69) is 10.3 Å². The minimum atomic E-state index is -0.462. The van der Waals surface area contributed by atoms with Crippen molar-refractivity contribution < 1.29 is 14.6 Å². The van der Waals surface area contributed by atoms with Crippen molar-refractivity contribution in [2.45, 2.75) is 22.2 Å². The molecule has 3 rings (SSSR count). The molecule has 0 saturated heterocycles. The van der Waals surface area contributed by atoms with E-state index in [1.807, 2.05) is 56.7 Å². The maximum atomic E-state index is 12.7. The van der Waals surface area contributed by atoms with Gasteiger partial charge in [0.15, 0.2) is 4.34 Å². The SMILES string of the molecule is Cc1csc(Sc2ccc(C(=O)NC[C@@H](c3ccccc3)[NH+](C)C)cc2[N+](=O)[O-])n1. The number of aromatic nitrogens is 1. The summed E-state index contributed by atoms with van der Waals surface area (Å²) in [6.07, 6.45) is 0. The van der Waals surface area contributed by atoms with Crippen molar-refractivity contribution in [3.63, 3.8) is 0 Å². The van der Waals surface area contributed by atoms with Crippen LogP contribution in [0.15, 0.2) is 63.1 Å². The summed E-state index contributed by atoms with van der Waals surface area (Å²) < 4.78 is 0.729. The Hall–Kier alpha value is -2.75. The Bertz CT molecular complexity index is 1040. The predicted octanol–water partition coefficient (Wildman–Crippen LogP) is 3.13. The average molecular weight is 444 g/mol. The van der Waals surface area contributed by atoms with Crippen LogP contribution < -0.4 is 10.2 Å². The molecule has 0 aliphatic rings. The van der Waals surface area contributed by atoms with Gasteiger partial charge in [0, 0.05) is 28.3 Å². The Kier molecular flexibility index (Phi) is 7.20. The number of quaternary nitrogens is 1. The molecule has 7 nitrogen and oxygen atoms in total. The molecule has 1 amide bonds. The smallest absolute Gasteiger partial charge is 0.284 e. The lowest BCUT2D eigenvalue weighted by Crippen LogP contribution is -3.07. The number of benzene rings is 2. The van der Waals surface area contributed by atoms with Gasteiger partial charge in [-0.15, -0.1) is 11.3 Å². The van der Waals surface area contributed by atoms with Gasteiger partial charge in [-0.05, 0) is 19.1 Å². The van der Waals surface area contributed by atoms with Crippen molar-refractivity contribution in [3.05, 3.63) is 80.8 Å². The van der Waals surface area contributed by atoms with E-state index >= 15 is 0 Å². The lowest BCUT2D eigenvalue weighted by molar-refractivity contribution is -0.890. The van der Waals surface area contributed by atoms with Crippen LogP contribution >= 0.6 is 23.1 Å². The molecule has 0 radical (unpaired) electrons. The highest BCUT2D eigenvalue weighted by molar-refractivity contribution is 8.01. The van der Waals surface area contributed by atoms with Crippen molar-refractivity contribution in [1.29, 1.82) is 0 Å². The Morgan fingerprint density at radius 3 is 2.60 bits per heavy atom. The number of nitrogens with zero attached hydrogens (tertiary/aromatic N) is 2. The summed E-state index contributed by atoms with van der Waals surface area (Å²) in [5.41, 5.74) is 2.16. The number of rotatable bonds is 8. The summed E-state index contributed by atoms with van der Waals surface area (Å²) in [5.74, 6) is -0.332. The van der Waals surface area contributed by atoms with Gasteiger partial charge in [-0.1, -0.05) is 42.1 Å². The van der Waals surface area contributed by atoms with Crippen molar-refractivity contribution in [3.8, 4) is 0 Å². The van der Waals surface area contributed by atoms with Crippen molar-refractivity contribution >= 4 is 34.7 Å². The highest BCUT2D eigenvalue weighted by atomic mass is 32.2. The van der Waals surface area contributed by atoms with Crippen LogP contribution in [-0.2, 0) is 0 Å². The summed E-state index contributed by atoms with van der Waals surface area (Å²) in [7, 11) is 4.06. The first-order valence-electron chi connectivity index (χ1n) is 9.36. The standard InChI is InChI=1S/C21H22N4O3S2/c1-14-13-29-21(23-14)30-19-10-9-16(11-17(19)25(27)28)20(26)22-12-18(24(2)3)15-7-5-4-6-8-15/h4-11,13,18H,12H2,1-3H3,(H,22,26)/p+1/t18-/m0/s1. The lowest BCUT2D eigenvalue weighted by atomic mass is 10.1. The number of thiazole rings is 1. The van der Waals surface area contributed by atoms with Gasteiger partial charge in [0.25, 0.3) is 11.6 Å². The Morgan fingerprint density at radius 1 is 1.27 bits per heavy atom. The van der Waals surface area contributed by atoms with Crippen molar-refractivity contribution in [2.75, 3.05) is 20.6 Å². The number of likely N-dealkylation sites (N-methyl/N-ethyl adjacent to an activating group) is 1. The maximum absolute atomic E-state index is 12.7. The van der Waals surface area contributed by atoms with Gasteiger partial charge in [0.1, 0.15) is 6.04 Å². The van der Waals surface area contributed by atoms with E-state index in [-0.39, 0.29) is 23.2 Å². The third-order valence-electron chi connectivity index (χ3n) is 4.58. The van der Waals surface area contributed by atoms with Crippen LogP contribution in [0.1, 0.15) is 27.7 Å². The molecule has 0 bridgehead atoms. The fourth-order valence-corrected chi connectivity index (χ4v) is 4.88. The second-order valence-corrected chi connectivity index (χ2v) is 9.19. The molecular formula is C21H23N4O3S2+. The van der Waals surface area contributed by atoms with Gasteiger partial charge in [0.2, 0.25) is 0 Å². The molecule has 156 valence electrons. The number of hydrogen-bond donors (Lipinski definition) is 2. The topological polar surface area (TPSA) is 89.6 Å². The number of carbonyl (C=O) groups is 1. The zero-order chi connectivity index (χ0) is 21.7. The van der Waals surface area contributed by atoms with E-state index in [1.54, 1.807) is 12.1 Å². The Labute approximate surface area is 183 Å². The number of amides is 1. The molecule has 3 aromatic rings. The zero-order valence-corrected chi connectivity index (χ0v) is 18.5. The van der Waals surface area contributed by atoms with E-state index in [0.717, 1.165) is 15.6 Å². The molecule has 30 heavy (non-hydrogen) atoms. The van der Waals surface area contributed by atoms with Crippen LogP contribution in [0.3, 0.4) is 0 Å². The molecule has 0 saturated carbocycles. The summed E-state index contributed by atoms with van der Waals surface area (Å²) >= 11 is 2.67. The third-order valence-corrected chi connectivity index (χ3v) is 6.70. The highest BCUT2D eigenvalue weighted by Gasteiger charge is 2.22. The average Bonchev–Trinajstić information content (AvgIpc) is 3.13. The molecule has 0 unspecified atom stereocenters. The van der Waals surface area contributed by atoms with E-state index in [0.29, 0.717) is 11.4 Å². The first-order valence-corrected chi connectivity index (χ1v) is 11.1. The predicted molar refractivity (Wildman–Crippen MR) is 118 cm³/mol. The molecule has 1 atom stereocenters. The quantitative estimate of drug-likeness (QED) is 0.412. The van der Waals surface area contributed by atoms with Crippen LogP contribution in [-0.4, -0.2) is 36.5 Å². The first kappa shape index (κ1) is 21.9. The van der Waals surface area contributed by atoms with Crippen molar-refractivity contribution in [1.82, 2.24) is 10.3 Å². The van der Waals surface area contributed by atoms with E-state index in [1.165, 1.54) is 34.1 Å². The van der Waals surface area contributed by atoms with E-state index in [4.69, 9.17) is 0 Å². The second-order valence-electron chi connectivity index (χ2n) is 7.05. The third kappa shape index (κ3) is 5.44. The second kappa shape index (κ2) is 9.84. The van der Waals surface area contributed by atoms with Crippen LogP contribution in [0.25, 0.3) is 0 Å². The molecule has 1 heterocycles. The highest BCUT2D eigenvalue weighted by Crippen LogP contribution is 2.36. The van der Waals surface area contributed by atoms with Gasteiger partial charge in [-0.25, -0.2) is 4.98 Å². The van der Waals surface area contributed by atoms with Gasteiger partial charge in [-0.3, -0.25) is 14.9 Å². The van der Waals surface area contributed by atoms with Crippen molar-refractivity contribution in [2.24, 2.45) is 0 Å². The first-order chi connectivity index (χ1) is 14.3. The Balaban J connectivity index is 1.75. The molecule has 2 N–H and O–H groups in total. The molecule has 0 aliphatic heterocycles. The van der Waals surface area contributed by atoms with E-state index < -0.39 is 4.92 Å². The maximum Gasteiger partial charge on any atom is 0.284 e. The van der Waals surface area contributed by atoms with Crippen LogP contribution in [0.5, 0.6) is 0 Å². The van der Waals surface area contributed by atoms with Gasteiger partial charge in [0.05, 0.1) is 30.5 Å². The normalized spacial score (nSPS) is 12.0. The van der Waals surface area contributed by atoms with Crippen LogP contribution in [0.4, 0.5) is 5.69 Å². The number of carbonyl (C=O) groups excluding carboxylic acids is 1. The number of nitrogens with one attached hydrogen (secondary N) is 2. The number of nitro benzene ring substituents is 1. The summed E-state index contributed by atoms with van der Waals surface area (Å²) in [6, 6.07) is 14.6. The Morgan fingerprint density at radius 2 is 2.00 bits per heavy atom. The fraction of sp³-hybridized carbons (Fsp3) is 0.238. The summed E-state index contributed by atoms with van der Waals surface area (Å²) in [5, 5.41) is 16.4.